The van der Waals surface area contributed by atoms with Gasteiger partial charge in [0, 0.05) is 33.9 Å². The minimum Gasteiger partial charge on any atom is -0.359 e. The second-order valence-corrected chi connectivity index (χ2v) is 3.38. The number of aliphatic imine (C=N–C) groups is 1. The predicted molar refractivity (Wildman–Crippen MR) is 62.0 cm³/mol. The third-order valence-electron chi connectivity index (χ3n) is 2.12. The molecule has 0 spiro atoms. The number of hydrogen-bond donors (Lipinski definition) is 2. The molecule has 0 aliphatic carbocycles. The monoisotopic (exact) mass is 209 g/mol. The average Bonchev–Trinajstić information content (AvgIpc) is 2.65. The Morgan fingerprint density at radius 1 is 1.60 bits per heavy atom. The van der Waals surface area contributed by atoms with Crippen molar-refractivity contribution in [2.45, 2.75) is 12.8 Å². The quantitative estimate of drug-likeness (QED) is 0.421. The van der Waals surface area contributed by atoms with Crippen LogP contribution in [0.2, 0.25) is 0 Å². The Morgan fingerprint density at radius 3 is 2.93 bits per heavy atom. The molecule has 1 heterocycles. The van der Waals surface area contributed by atoms with E-state index in [1.807, 2.05) is 31.2 Å². The molecule has 1 rings (SSSR count). The lowest BCUT2D eigenvalue weighted by molar-refractivity contribution is 0.748. The molecular weight excluding hydrogens is 190 g/mol. The number of imidazole rings is 1. The van der Waals surface area contributed by atoms with Crippen molar-refractivity contribution >= 4 is 5.96 Å². The van der Waals surface area contributed by atoms with Crippen LogP contribution in [0.1, 0.15) is 12.1 Å². The SMILES string of the molecule is CN=C(NC)NCCCc1cn(C)cn1. The van der Waals surface area contributed by atoms with Gasteiger partial charge in [0.25, 0.3) is 0 Å². The molecule has 0 amide bonds. The van der Waals surface area contributed by atoms with E-state index in [-0.39, 0.29) is 0 Å². The highest BCUT2D eigenvalue weighted by atomic mass is 15.1. The molecule has 0 aromatic carbocycles. The molecular formula is C10H19N5. The van der Waals surface area contributed by atoms with Crippen molar-refractivity contribution in [1.29, 1.82) is 0 Å². The molecule has 0 aliphatic heterocycles. The molecule has 0 radical (unpaired) electrons. The molecule has 0 saturated heterocycles. The number of nitrogens with one attached hydrogen (secondary N) is 2. The Balaban J connectivity index is 2.17. The topological polar surface area (TPSA) is 54.2 Å². The first kappa shape index (κ1) is 11.6. The summed E-state index contributed by atoms with van der Waals surface area (Å²) in [4.78, 5) is 8.29. The first-order valence-corrected chi connectivity index (χ1v) is 5.11. The largest absolute Gasteiger partial charge is 0.359 e. The minimum atomic E-state index is 0.830. The number of rotatable bonds is 4. The van der Waals surface area contributed by atoms with Gasteiger partial charge in [-0.3, -0.25) is 4.99 Å². The molecule has 1 aromatic rings. The average molecular weight is 209 g/mol. The van der Waals surface area contributed by atoms with Gasteiger partial charge >= 0.3 is 0 Å². The fourth-order valence-electron chi connectivity index (χ4n) is 1.35. The zero-order valence-corrected chi connectivity index (χ0v) is 9.62. The molecule has 0 aliphatic rings. The van der Waals surface area contributed by atoms with Gasteiger partial charge in [-0.1, -0.05) is 0 Å². The number of aromatic nitrogens is 2. The highest BCUT2D eigenvalue weighted by Crippen LogP contribution is 1.97. The van der Waals surface area contributed by atoms with Crippen molar-refractivity contribution in [1.82, 2.24) is 20.2 Å². The van der Waals surface area contributed by atoms with E-state index in [0.29, 0.717) is 0 Å². The second kappa shape index (κ2) is 6.06. The summed E-state index contributed by atoms with van der Waals surface area (Å²) in [6.07, 6.45) is 5.93. The van der Waals surface area contributed by atoms with Crippen LogP contribution < -0.4 is 10.6 Å². The Morgan fingerprint density at radius 2 is 2.40 bits per heavy atom. The molecule has 0 fully saturated rings. The van der Waals surface area contributed by atoms with Gasteiger partial charge in [0.15, 0.2) is 5.96 Å². The standard InChI is InChI=1S/C10H19N5/c1-11-10(12-2)13-6-4-5-9-7-15(3)8-14-9/h7-8H,4-6H2,1-3H3,(H2,11,12,13). The lowest BCUT2D eigenvalue weighted by Gasteiger charge is -2.07. The van der Waals surface area contributed by atoms with Gasteiger partial charge in [-0.05, 0) is 12.8 Å². The lowest BCUT2D eigenvalue weighted by Crippen LogP contribution is -2.35. The highest BCUT2D eigenvalue weighted by Gasteiger charge is 1.97. The van der Waals surface area contributed by atoms with Crippen LogP contribution in [-0.2, 0) is 13.5 Å². The maximum Gasteiger partial charge on any atom is 0.190 e. The number of hydrogen-bond acceptors (Lipinski definition) is 2. The molecule has 5 nitrogen and oxygen atoms in total. The van der Waals surface area contributed by atoms with Gasteiger partial charge in [-0.25, -0.2) is 4.98 Å². The molecule has 2 N–H and O–H groups in total. The van der Waals surface area contributed by atoms with Gasteiger partial charge in [-0.2, -0.15) is 0 Å². The molecule has 5 heteroatoms. The summed E-state index contributed by atoms with van der Waals surface area (Å²) in [6, 6.07) is 0. The van der Waals surface area contributed by atoms with Crippen LogP contribution >= 0.6 is 0 Å². The van der Waals surface area contributed by atoms with Crippen molar-refractivity contribution in [3.05, 3.63) is 18.2 Å². The first-order chi connectivity index (χ1) is 7.26. The van der Waals surface area contributed by atoms with E-state index in [4.69, 9.17) is 0 Å². The number of nitrogens with zero attached hydrogens (tertiary/aromatic N) is 3. The molecule has 0 unspecified atom stereocenters. The van der Waals surface area contributed by atoms with Crippen LogP contribution in [0.15, 0.2) is 17.5 Å². The van der Waals surface area contributed by atoms with Crippen molar-refractivity contribution in [2.24, 2.45) is 12.0 Å². The molecule has 0 bridgehead atoms. The van der Waals surface area contributed by atoms with E-state index in [9.17, 15) is 0 Å². The van der Waals surface area contributed by atoms with E-state index in [1.165, 1.54) is 0 Å². The summed E-state index contributed by atoms with van der Waals surface area (Å²) in [5.74, 6) is 0.830. The summed E-state index contributed by atoms with van der Waals surface area (Å²) in [6.45, 7) is 0.907. The summed E-state index contributed by atoms with van der Waals surface area (Å²) >= 11 is 0. The highest BCUT2D eigenvalue weighted by molar-refractivity contribution is 5.79. The lowest BCUT2D eigenvalue weighted by atomic mass is 10.2. The summed E-state index contributed by atoms with van der Waals surface area (Å²) in [5.41, 5.74) is 1.14. The summed E-state index contributed by atoms with van der Waals surface area (Å²) in [5, 5.41) is 6.17. The Bertz CT molecular complexity index is 315. The van der Waals surface area contributed by atoms with Crippen molar-refractivity contribution < 1.29 is 0 Å². The van der Waals surface area contributed by atoms with E-state index in [1.54, 1.807) is 7.05 Å². The van der Waals surface area contributed by atoms with Gasteiger partial charge in [0.1, 0.15) is 0 Å². The van der Waals surface area contributed by atoms with E-state index < -0.39 is 0 Å². The predicted octanol–water partition coefficient (Wildman–Crippen LogP) is 0.148. The van der Waals surface area contributed by atoms with Crippen LogP contribution in [0.3, 0.4) is 0 Å². The van der Waals surface area contributed by atoms with E-state index in [2.05, 4.69) is 20.6 Å². The number of aryl methyl sites for hydroxylation is 2. The van der Waals surface area contributed by atoms with Crippen molar-refractivity contribution in [3.8, 4) is 0 Å². The van der Waals surface area contributed by atoms with Crippen LogP contribution in [-0.4, -0.2) is 36.2 Å². The van der Waals surface area contributed by atoms with Crippen molar-refractivity contribution in [3.63, 3.8) is 0 Å². The molecule has 0 saturated carbocycles. The smallest absolute Gasteiger partial charge is 0.190 e. The van der Waals surface area contributed by atoms with Crippen LogP contribution in [0.4, 0.5) is 0 Å². The van der Waals surface area contributed by atoms with Gasteiger partial charge in [0.05, 0.1) is 12.0 Å². The molecule has 1 aromatic heterocycles. The summed E-state index contributed by atoms with van der Waals surface area (Å²) in [7, 11) is 5.60. The summed E-state index contributed by atoms with van der Waals surface area (Å²) < 4.78 is 1.97. The van der Waals surface area contributed by atoms with Crippen molar-refractivity contribution in [2.75, 3.05) is 20.6 Å². The Kier molecular flexibility index (Phi) is 4.66. The zero-order chi connectivity index (χ0) is 11.1. The van der Waals surface area contributed by atoms with E-state index in [0.717, 1.165) is 31.0 Å². The molecule has 15 heavy (non-hydrogen) atoms. The minimum absolute atomic E-state index is 0.830. The fraction of sp³-hybridized carbons (Fsp3) is 0.600. The normalized spacial score (nSPS) is 11.5. The zero-order valence-electron chi connectivity index (χ0n) is 9.62. The second-order valence-electron chi connectivity index (χ2n) is 3.38. The Hall–Kier alpha value is -1.52. The third-order valence-corrected chi connectivity index (χ3v) is 2.12. The fourth-order valence-corrected chi connectivity index (χ4v) is 1.35. The van der Waals surface area contributed by atoms with E-state index >= 15 is 0 Å². The molecule has 0 atom stereocenters. The van der Waals surface area contributed by atoms with Gasteiger partial charge in [-0.15, -0.1) is 0 Å². The third kappa shape index (κ3) is 4.01. The van der Waals surface area contributed by atoms with Crippen LogP contribution in [0, 0.1) is 0 Å². The number of guanidine groups is 1. The molecule has 84 valence electrons. The van der Waals surface area contributed by atoms with Crippen LogP contribution in [0.5, 0.6) is 0 Å². The maximum atomic E-state index is 4.26. The first-order valence-electron chi connectivity index (χ1n) is 5.11. The Labute approximate surface area is 90.6 Å². The van der Waals surface area contributed by atoms with Crippen LogP contribution in [0.25, 0.3) is 0 Å². The van der Waals surface area contributed by atoms with Gasteiger partial charge < -0.3 is 15.2 Å². The van der Waals surface area contributed by atoms with Gasteiger partial charge in [0.2, 0.25) is 0 Å². The maximum absolute atomic E-state index is 4.26.